The Labute approximate surface area is 192 Å². The average Bonchev–Trinajstić information content (AvgIpc) is 3.48. The topological polar surface area (TPSA) is 77.5 Å². The van der Waals surface area contributed by atoms with Crippen molar-refractivity contribution in [2.24, 2.45) is 7.05 Å². The Kier molecular flexibility index (Phi) is 5.12. The second-order valence-electron chi connectivity index (χ2n) is 9.40. The van der Waals surface area contributed by atoms with Crippen LogP contribution in [0.4, 0.5) is 5.82 Å². The van der Waals surface area contributed by atoms with Crippen LogP contribution >= 0.6 is 11.6 Å². The Morgan fingerprint density at radius 1 is 1.12 bits per heavy atom. The molecule has 0 saturated carbocycles. The highest BCUT2D eigenvalue weighted by molar-refractivity contribution is 6.31. The van der Waals surface area contributed by atoms with Gasteiger partial charge in [-0.3, -0.25) is 4.68 Å². The first-order chi connectivity index (χ1) is 15.3. The maximum atomic E-state index is 6.41. The molecule has 0 amide bonds. The fraction of sp³-hybridized carbons (Fsp3) is 0.435. The van der Waals surface area contributed by atoms with Gasteiger partial charge in [-0.2, -0.15) is 5.10 Å². The van der Waals surface area contributed by atoms with Gasteiger partial charge in [-0.25, -0.2) is 14.6 Å². The van der Waals surface area contributed by atoms with Gasteiger partial charge >= 0.3 is 0 Å². The Balaban J connectivity index is 1.64. The molecule has 1 unspecified atom stereocenters. The SMILES string of the molecule is Cn1ccc(C2CCCN2c2nc(C(C)(C)C)nc3c2nnn3Cc2ccccc2Cl)n1. The van der Waals surface area contributed by atoms with E-state index in [1.807, 2.05) is 46.9 Å². The lowest BCUT2D eigenvalue weighted by Gasteiger charge is -2.26. The van der Waals surface area contributed by atoms with Crippen LogP contribution in [0.2, 0.25) is 5.02 Å². The lowest BCUT2D eigenvalue weighted by atomic mass is 9.95. The third-order valence-electron chi connectivity index (χ3n) is 5.89. The minimum atomic E-state index is -0.220. The molecule has 0 radical (unpaired) electrons. The van der Waals surface area contributed by atoms with Gasteiger partial charge in [-0.05, 0) is 30.5 Å². The van der Waals surface area contributed by atoms with E-state index in [9.17, 15) is 0 Å². The predicted octanol–water partition coefficient (Wildman–Crippen LogP) is 4.30. The van der Waals surface area contributed by atoms with Crippen LogP contribution < -0.4 is 4.90 Å². The fourth-order valence-electron chi connectivity index (χ4n) is 4.21. The van der Waals surface area contributed by atoms with Gasteiger partial charge in [-0.15, -0.1) is 5.10 Å². The molecule has 1 aliphatic heterocycles. The molecule has 166 valence electrons. The molecule has 5 rings (SSSR count). The molecule has 32 heavy (non-hydrogen) atoms. The van der Waals surface area contributed by atoms with Crippen LogP contribution in [0.25, 0.3) is 11.2 Å². The summed E-state index contributed by atoms with van der Waals surface area (Å²) in [4.78, 5) is 12.2. The standard InChI is InChI=1S/C23H27ClN8/c1-23(2,3)22-25-20(31-12-7-10-18(31)17-11-13-30(4)28-17)19-21(26-22)32(29-27-19)14-15-8-5-6-9-16(15)24/h5-6,8-9,11,13,18H,7,10,12,14H2,1-4H3. The maximum absolute atomic E-state index is 6.41. The molecule has 1 fully saturated rings. The van der Waals surface area contributed by atoms with Crippen LogP contribution in [0.15, 0.2) is 36.5 Å². The Morgan fingerprint density at radius 3 is 2.66 bits per heavy atom. The zero-order valence-corrected chi connectivity index (χ0v) is 19.6. The minimum Gasteiger partial charge on any atom is -0.346 e. The number of fused-ring (bicyclic) bond motifs is 1. The van der Waals surface area contributed by atoms with E-state index < -0.39 is 0 Å². The molecule has 4 heterocycles. The van der Waals surface area contributed by atoms with E-state index in [2.05, 4.69) is 47.1 Å². The van der Waals surface area contributed by atoms with Crippen LogP contribution in [0.5, 0.6) is 0 Å². The van der Waals surface area contributed by atoms with Gasteiger partial charge in [0.2, 0.25) is 0 Å². The van der Waals surface area contributed by atoms with Gasteiger partial charge in [0.15, 0.2) is 17.0 Å². The smallest absolute Gasteiger partial charge is 0.184 e. The Morgan fingerprint density at radius 2 is 1.94 bits per heavy atom. The first-order valence-electron chi connectivity index (χ1n) is 10.9. The number of hydrogen-bond acceptors (Lipinski definition) is 6. The van der Waals surface area contributed by atoms with Gasteiger partial charge in [0.05, 0.1) is 18.3 Å². The fourth-order valence-corrected chi connectivity index (χ4v) is 4.41. The van der Waals surface area contributed by atoms with Crippen LogP contribution in [0.1, 0.15) is 56.7 Å². The van der Waals surface area contributed by atoms with Crippen LogP contribution in [-0.4, -0.2) is 41.3 Å². The van der Waals surface area contributed by atoms with Crippen molar-refractivity contribution in [2.45, 2.75) is 51.6 Å². The van der Waals surface area contributed by atoms with E-state index in [0.29, 0.717) is 17.1 Å². The van der Waals surface area contributed by atoms with Crippen molar-refractivity contribution < 1.29 is 0 Å². The van der Waals surface area contributed by atoms with Gasteiger partial charge < -0.3 is 4.90 Å². The van der Waals surface area contributed by atoms with Crippen molar-refractivity contribution in [2.75, 3.05) is 11.4 Å². The highest BCUT2D eigenvalue weighted by Crippen LogP contribution is 2.38. The summed E-state index contributed by atoms with van der Waals surface area (Å²) in [5.41, 5.74) is 3.26. The van der Waals surface area contributed by atoms with E-state index in [-0.39, 0.29) is 11.5 Å². The summed E-state index contributed by atoms with van der Waals surface area (Å²) in [6, 6.07) is 10.0. The lowest BCUT2D eigenvalue weighted by Crippen LogP contribution is -2.27. The Hall–Kier alpha value is -3.00. The molecule has 0 N–H and O–H groups in total. The van der Waals surface area contributed by atoms with Gasteiger partial charge in [0, 0.05) is 30.2 Å². The third kappa shape index (κ3) is 3.72. The molecule has 1 aromatic carbocycles. The van der Waals surface area contributed by atoms with E-state index in [0.717, 1.165) is 47.9 Å². The number of hydrogen-bond donors (Lipinski definition) is 0. The molecular weight excluding hydrogens is 424 g/mol. The molecule has 9 heteroatoms. The number of anilines is 1. The van der Waals surface area contributed by atoms with Crippen molar-refractivity contribution >= 4 is 28.6 Å². The van der Waals surface area contributed by atoms with Crippen LogP contribution in [-0.2, 0) is 19.0 Å². The van der Waals surface area contributed by atoms with Crippen molar-refractivity contribution in [3.8, 4) is 0 Å². The zero-order chi connectivity index (χ0) is 22.5. The maximum Gasteiger partial charge on any atom is 0.184 e. The third-order valence-corrected chi connectivity index (χ3v) is 6.26. The number of aryl methyl sites for hydroxylation is 1. The van der Waals surface area contributed by atoms with Crippen LogP contribution in [0.3, 0.4) is 0 Å². The molecule has 0 bridgehead atoms. The highest BCUT2D eigenvalue weighted by Gasteiger charge is 2.33. The second kappa shape index (κ2) is 7.85. The first-order valence-corrected chi connectivity index (χ1v) is 11.3. The summed E-state index contributed by atoms with van der Waals surface area (Å²) in [6.07, 6.45) is 4.09. The molecule has 1 atom stereocenters. The molecule has 1 saturated heterocycles. The number of rotatable bonds is 4. The van der Waals surface area contributed by atoms with E-state index in [1.54, 1.807) is 0 Å². The summed E-state index contributed by atoms with van der Waals surface area (Å²) in [7, 11) is 1.95. The molecule has 0 spiro atoms. The molecule has 1 aliphatic rings. The quantitative estimate of drug-likeness (QED) is 0.461. The summed E-state index contributed by atoms with van der Waals surface area (Å²) in [6.45, 7) is 7.77. The zero-order valence-electron chi connectivity index (χ0n) is 18.8. The van der Waals surface area contributed by atoms with E-state index in [4.69, 9.17) is 21.6 Å². The summed E-state index contributed by atoms with van der Waals surface area (Å²) < 4.78 is 3.67. The summed E-state index contributed by atoms with van der Waals surface area (Å²) in [5.74, 6) is 1.60. The van der Waals surface area contributed by atoms with Gasteiger partial charge in [0.25, 0.3) is 0 Å². The van der Waals surface area contributed by atoms with E-state index >= 15 is 0 Å². The molecule has 0 aliphatic carbocycles. The van der Waals surface area contributed by atoms with Crippen LogP contribution in [0, 0.1) is 0 Å². The predicted molar refractivity (Wildman–Crippen MR) is 125 cm³/mol. The molecule has 4 aromatic rings. The number of nitrogens with zero attached hydrogens (tertiary/aromatic N) is 8. The minimum absolute atomic E-state index is 0.163. The monoisotopic (exact) mass is 450 g/mol. The number of benzene rings is 1. The highest BCUT2D eigenvalue weighted by atomic mass is 35.5. The van der Waals surface area contributed by atoms with Crippen molar-refractivity contribution in [3.63, 3.8) is 0 Å². The normalized spacial score (nSPS) is 16.9. The average molecular weight is 451 g/mol. The second-order valence-corrected chi connectivity index (χ2v) is 9.80. The lowest BCUT2D eigenvalue weighted by molar-refractivity contribution is 0.543. The summed E-state index contributed by atoms with van der Waals surface area (Å²) >= 11 is 6.41. The van der Waals surface area contributed by atoms with E-state index in [1.165, 1.54) is 0 Å². The number of aromatic nitrogens is 7. The number of halogens is 1. The largest absolute Gasteiger partial charge is 0.346 e. The Bertz CT molecular complexity index is 1270. The summed E-state index contributed by atoms with van der Waals surface area (Å²) in [5, 5.41) is 14.3. The molecule has 3 aromatic heterocycles. The van der Waals surface area contributed by atoms with Crippen molar-refractivity contribution in [3.05, 3.63) is 58.6 Å². The van der Waals surface area contributed by atoms with Crippen molar-refractivity contribution in [1.29, 1.82) is 0 Å². The van der Waals surface area contributed by atoms with Crippen molar-refractivity contribution in [1.82, 2.24) is 34.7 Å². The first kappa shape index (κ1) is 20.9. The van der Waals surface area contributed by atoms with Gasteiger partial charge in [0.1, 0.15) is 5.82 Å². The van der Waals surface area contributed by atoms with Gasteiger partial charge in [-0.1, -0.05) is 55.8 Å². The molecular formula is C23H27ClN8. The molecule has 8 nitrogen and oxygen atoms in total.